The van der Waals surface area contributed by atoms with Crippen LogP contribution >= 0.6 is 0 Å². The van der Waals surface area contributed by atoms with Crippen molar-refractivity contribution in [2.45, 2.75) is 13.3 Å². The number of nitrogens with one attached hydrogen (secondary N) is 1. The van der Waals surface area contributed by atoms with Crippen LogP contribution in [-0.2, 0) is 4.79 Å². The first-order valence-corrected chi connectivity index (χ1v) is 4.48. The summed E-state index contributed by atoms with van der Waals surface area (Å²) in [6.45, 7) is 2.48. The van der Waals surface area contributed by atoms with E-state index in [0.717, 1.165) is 11.3 Å². The van der Waals surface area contributed by atoms with Gasteiger partial charge in [0.15, 0.2) is 0 Å². The molecule has 0 atom stereocenters. The summed E-state index contributed by atoms with van der Waals surface area (Å²) < 4.78 is 0. The average molecular weight is 193 g/mol. The molecule has 1 rings (SSSR count). The molecule has 14 heavy (non-hydrogen) atoms. The quantitative estimate of drug-likeness (QED) is 0.620. The third-order valence-corrected chi connectivity index (χ3v) is 1.98. The van der Waals surface area contributed by atoms with E-state index in [1.807, 2.05) is 25.1 Å². The molecule has 1 aromatic rings. The minimum absolute atomic E-state index is 0.313. The molecule has 0 saturated carbocycles. The van der Waals surface area contributed by atoms with Crippen molar-refractivity contribution in [1.82, 2.24) is 0 Å². The molecule has 0 aliphatic carbocycles. The Balaban J connectivity index is 2.62. The first-order chi connectivity index (χ1) is 6.61. The number of carbonyl (C=O) groups is 1. The van der Waals surface area contributed by atoms with Crippen LogP contribution in [0.1, 0.15) is 12.0 Å². The summed E-state index contributed by atoms with van der Waals surface area (Å²) in [4.78, 5) is 10.5. The summed E-state index contributed by atoms with van der Waals surface area (Å²) in [7, 11) is 0. The van der Waals surface area contributed by atoms with Crippen LogP contribution in [0.4, 0.5) is 11.4 Å². The standard InChI is InChI=1S/C10H15N3O/c1-7-3-2-4-8(11)10(7)13-6-5-9(12)14/h2-4,13H,5-6,11H2,1H3,(H2,12,14). The van der Waals surface area contributed by atoms with Gasteiger partial charge in [-0.1, -0.05) is 12.1 Å². The lowest BCUT2D eigenvalue weighted by Crippen LogP contribution is -2.16. The van der Waals surface area contributed by atoms with Gasteiger partial charge in [-0.05, 0) is 18.6 Å². The van der Waals surface area contributed by atoms with Crippen molar-refractivity contribution in [2.75, 3.05) is 17.6 Å². The van der Waals surface area contributed by atoms with E-state index in [4.69, 9.17) is 11.5 Å². The Hall–Kier alpha value is -1.71. The molecule has 0 aliphatic heterocycles. The molecule has 0 bridgehead atoms. The predicted molar refractivity (Wildman–Crippen MR) is 57.9 cm³/mol. The van der Waals surface area contributed by atoms with Crippen molar-refractivity contribution in [3.05, 3.63) is 23.8 Å². The molecule has 1 aromatic carbocycles. The fourth-order valence-corrected chi connectivity index (χ4v) is 1.24. The highest BCUT2D eigenvalue weighted by Crippen LogP contribution is 2.21. The lowest BCUT2D eigenvalue weighted by atomic mass is 10.1. The van der Waals surface area contributed by atoms with Gasteiger partial charge in [-0.2, -0.15) is 0 Å². The smallest absolute Gasteiger partial charge is 0.219 e. The first-order valence-electron chi connectivity index (χ1n) is 4.48. The van der Waals surface area contributed by atoms with Crippen LogP contribution in [0.5, 0.6) is 0 Å². The molecule has 5 N–H and O–H groups in total. The van der Waals surface area contributed by atoms with E-state index in [1.54, 1.807) is 0 Å². The van der Waals surface area contributed by atoms with Crippen molar-refractivity contribution >= 4 is 17.3 Å². The number of anilines is 2. The van der Waals surface area contributed by atoms with E-state index in [-0.39, 0.29) is 5.91 Å². The molecule has 0 aromatic heterocycles. The second-order valence-corrected chi connectivity index (χ2v) is 3.18. The van der Waals surface area contributed by atoms with Gasteiger partial charge in [-0.3, -0.25) is 4.79 Å². The Morgan fingerprint density at radius 3 is 2.79 bits per heavy atom. The first kappa shape index (κ1) is 10.4. The molecule has 0 radical (unpaired) electrons. The molecule has 76 valence electrons. The Labute approximate surface area is 83.3 Å². The molecule has 0 spiro atoms. The molecule has 0 saturated heterocycles. The topological polar surface area (TPSA) is 81.1 Å². The van der Waals surface area contributed by atoms with E-state index in [0.29, 0.717) is 18.7 Å². The maximum atomic E-state index is 10.5. The number of nitrogens with two attached hydrogens (primary N) is 2. The van der Waals surface area contributed by atoms with Crippen molar-refractivity contribution in [3.8, 4) is 0 Å². The number of hydrogen-bond acceptors (Lipinski definition) is 3. The van der Waals surface area contributed by atoms with E-state index < -0.39 is 0 Å². The lowest BCUT2D eigenvalue weighted by Gasteiger charge is -2.10. The third kappa shape index (κ3) is 2.65. The number of benzene rings is 1. The van der Waals surface area contributed by atoms with Gasteiger partial charge in [0, 0.05) is 13.0 Å². The number of rotatable bonds is 4. The molecular formula is C10H15N3O. The highest BCUT2D eigenvalue weighted by Gasteiger charge is 2.01. The Morgan fingerprint density at radius 2 is 2.21 bits per heavy atom. The summed E-state index contributed by atoms with van der Waals surface area (Å²) in [5.41, 5.74) is 13.4. The van der Waals surface area contributed by atoms with Crippen LogP contribution in [0.15, 0.2) is 18.2 Å². The van der Waals surface area contributed by atoms with E-state index in [9.17, 15) is 4.79 Å². The minimum Gasteiger partial charge on any atom is -0.397 e. The number of primary amides is 1. The lowest BCUT2D eigenvalue weighted by molar-refractivity contribution is -0.117. The summed E-state index contributed by atoms with van der Waals surface area (Å²) in [5.74, 6) is -0.315. The van der Waals surface area contributed by atoms with Gasteiger partial charge in [0.2, 0.25) is 5.91 Å². The van der Waals surface area contributed by atoms with Gasteiger partial charge < -0.3 is 16.8 Å². The van der Waals surface area contributed by atoms with Gasteiger partial charge in [-0.15, -0.1) is 0 Å². The maximum Gasteiger partial charge on any atom is 0.219 e. The highest BCUT2D eigenvalue weighted by molar-refractivity contribution is 5.75. The van der Waals surface area contributed by atoms with Crippen LogP contribution in [0.25, 0.3) is 0 Å². The van der Waals surface area contributed by atoms with Crippen LogP contribution in [0.2, 0.25) is 0 Å². The Morgan fingerprint density at radius 1 is 1.50 bits per heavy atom. The van der Waals surface area contributed by atoms with E-state index in [1.165, 1.54) is 0 Å². The Bertz CT molecular complexity index is 316. The zero-order chi connectivity index (χ0) is 10.6. The number of amides is 1. The minimum atomic E-state index is -0.315. The van der Waals surface area contributed by atoms with Gasteiger partial charge in [0.05, 0.1) is 11.4 Å². The molecule has 0 heterocycles. The number of carbonyl (C=O) groups excluding carboxylic acids is 1. The van der Waals surface area contributed by atoms with Crippen molar-refractivity contribution < 1.29 is 4.79 Å². The fourth-order valence-electron chi connectivity index (χ4n) is 1.24. The average Bonchev–Trinajstić information content (AvgIpc) is 2.09. The fraction of sp³-hybridized carbons (Fsp3) is 0.300. The second kappa shape index (κ2) is 4.50. The molecule has 0 unspecified atom stereocenters. The van der Waals surface area contributed by atoms with Crippen LogP contribution in [0, 0.1) is 6.92 Å². The normalized spacial score (nSPS) is 9.79. The molecule has 0 fully saturated rings. The van der Waals surface area contributed by atoms with Crippen LogP contribution in [0.3, 0.4) is 0 Å². The molecule has 1 amide bonds. The SMILES string of the molecule is Cc1cccc(N)c1NCCC(N)=O. The van der Waals surface area contributed by atoms with Gasteiger partial charge in [0.25, 0.3) is 0 Å². The third-order valence-electron chi connectivity index (χ3n) is 1.98. The molecule has 0 aliphatic rings. The van der Waals surface area contributed by atoms with E-state index >= 15 is 0 Å². The van der Waals surface area contributed by atoms with Gasteiger partial charge in [-0.25, -0.2) is 0 Å². The van der Waals surface area contributed by atoms with Crippen molar-refractivity contribution in [2.24, 2.45) is 5.73 Å². The second-order valence-electron chi connectivity index (χ2n) is 3.18. The summed E-state index contributed by atoms with van der Waals surface area (Å²) in [6.07, 6.45) is 0.313. The number of aryl methyl sites for hydroxylation is 1. The summed E-state index contributed by atoms with van der Waals surface area (Å²) >= 11 is 0. The molecular weight excluding hydrogens is 178 g/mol. The Kier molecular flexibility index (Phi) is 3.34. The largest absolute Gasteiger partial charge is 0.397 e. The number of para-hydroxylation sites is 1. The van der Waals surface area contributed by atoms with Crippen molar-refractivity contribution in [3.63, 3.8) is 0 Å². The number of hydrogen-bond donors (Lipinski definition) is 3. The molecule has 4 nitrogen and oxygen atoms in total. The van der Waals surface area contributed by atoms with Crippen LogP contribution < -0.4 is 16.8 Å². The zero-order valence-corrected chi connectivity index (χ0v) is 8.21. The van der Waals surface area contributed by atoms with Gasteiger partial charge >= 0.3 is 0 Å². The van der Waals surface area contributed by atoms with Crippen molar-refractivity contribution in [1.29, 1.82) is 0 Å². The predicted octanol–water partition coefficient (Wildman–Crippen LogP) is 0.865. The maximum absolute atomic E-state index is 10.5. The monoisotopic (exact) mass is 193 g/mol. The summed E-state index contributed by atoms with van der Waals surface area (Å²) in [5, 5.41) is 3.09. The van der Waals surface area contributed by atoms with Crippen LogP contribution in [-0.4, -0.2) is 12.5 Å². The highest BCUT2D eigenvalue weighted by atomic mass is 16.1. The zero-order valence-electron chi connectivity index (χ0n) is 8.21. The van der Waals surface area contributed by atoms with Gasteiger partial charge in [0.1, 0.15) is 0 Å². The molecule has 4 heteroatoms. The number of nitrogen functional groups attached to an aromatic ring is 1. The summed E-state index contributed by atoms with van der Waals surface area (Å²) in [6, 6.07) is 5.67. The van der Waals surface area contributed by atoms with E-state index in [2.05, 4.69) is 5.32 Å².